The van der Waals surface area contributed by atoms with Gasteiger partial charge >= 0.3 is 7.12 Å². The van der Waals surface area contributed by atoms with Gasteiger partial charge in [-0.3, -0.25) is 9.35 Å². The van der Waals surface area contributed by atoms with E-state index in [1.54, 1.807) is 36.4 Å². The van der Waals surface area contributed by atoms with E-state index in [1.807, 2.05) is 39.8 Å². The highest BCUT2D eigenvalue weighted by Crippen LogP contribution is 2.45. The zero-order valence-electron chi connectivity index (χ0n) is 25.6. The van der Waals surface area contributed by atoms with Gasteiger partial charge in [0.2, 0.25) is 11.3 Å². The maximum Gasteiger partial charge on any atom is 0.497 e. The molecule has 1 aliphatic carbocycles. The first kappa shape index (κ1) is 31.9. The Morgan fingerprint density at radius 3 is 2.33 bits per heavy atom. The smallest absolute Gasteiger partial charge is 0.455 e. The van der Waals surface area contributed by atoms with Crippen molar-refractivity contribution in [1.29, 1.82) is 0 Å². The van der Waals surface area contributed by atoms with Crippen LogP contribution in [0.3, 0.4) is 0 Å². The van der Waals surface area contributed by atoms with Gasteiger partial charge in [-0.05, 0) is 112 Å². The van der Waals surface area contributed by atoms with Gasteiger partial charge in [0.15, 0.2) is 0 Å². The fourth-order valence-electron chi connectivity index (χ4n) is 5.71. The van der Waals surface area contributed by atoms with Crippen LogP contribution in [0.2, 0.25) is 5.02 Å². The minimum Gasteiger partial charge on any atom is -0.455 e. The van der Waals surface area contributed by atoms with Crippen LogP contribution in [-0.2, 0) is 33.5 Å². The molecule has 45 heavy (non-hydrogen) atoms. The average Bonchev–Trinajstić information content (AvgIpc) is 3.69. The third-order valence-corrected chi connectivity index (χ3v) is 10.1. The molecule has 1 saturated carbocycles. The van der Waals surface area contributed by atoms with Crippen LogP contribution in [0, 0.1) is 5.82 Å². The number of halogens is 2. The first-order valence-corrected chi connectivity index (χ1v) is 16.3. The van der Waals surface area contributed by atoms with E-state index in [2.05, 4.69) is 0 Å². The number of hydrogen-bond acceptors (Lipinski definition) is 5. The molecule has 4 aromatic rings. The third kappa shape index (κ3) is 6.34. The number of rotatable bonds is 10. The summed E-state index contributed by atoms with van der Waals surface area (Å²) in [6, 6.07) is 15.6. The molecule has 1 aromatic heterocycles. The molecule has 0 bridgehead atoms. The molecule has 3 N–H and O–H groups in total. The Bertz CT molecular complexity index is 1790. The molecule has 236 valence electrons. The van der Waals surface area contributed by atoms with Crippen LogP contribution in [0.25, 0.3) is 22.3 Å². The van der Waals surface area contributed by atoms with Gasteiger partial charge in [0.25, 0.3) is 5.91 Å². The van der Waals surface area contributed by atoms with Gasteiger partial charge in [0.05, 0.1) is 16.8 Å². The van der Waals surface area contributed by atoms with Crippen molar-refractivity contribution in [3.63, 3.8) is 0 Å². The van der Waals surface area contributed by atoms with E-state index in [0.29, 0.717) is 44.8 Å². The molecule has 2 fully saturated rings. The maximum atomic E-state index is 15.2. The predicted molar refractivity (Wildman–Crippen MR) is 174 cm³/mol. The highest BCUT2D eigenvalue weighted by Gasteiger charge is 2.52. The van der Waals surface area contributed by atoms with E-state index >= 15 is 4.39 Å². The van der Waals surface area contributed by atoms with Crippen LogP contribution in [0.4, 0.5) is 4.39 Å². The zero-order chi connectivity index (χ0) is 32.3. The second kappa shape index (κ2) is 11.9. The number of hydrogen-bond donors (Lipinski definition) is 2. The monoisotopic (exact) mass is 652 g/mol. The quantitative estimate of drug-likeness (QED) is 0.152. The number of primary amides is 1. The maximum absolute atomic E-state index is 15.2. The predicted octanol–water partition coefficient (Wildman–Crippen LogP) is 6.35. The minimum absolute atomic E-state index is 0.155. The number of fused-ring (bicyclic) bond motifs is 1. The second-order valence-electron chi connectivity index (χ2n) is 12.8. The number of nitrogens with zero attached hydrogens (tertiary/aromatic N) is 1. The molecule has 2 heterocycles. The zero-order valence-corrected chi connectivity index (χ0v) is 27.1. The summed E-state index contributed by atoms with van der Waals surface area (Å²) in [5.41, 5.74) is 8.83. The van der Waals surface area contributed by atoms with Crippen molar-refractivity contribution in [2.45, 2.75) is 70.6 Å². The molecule has 1 atom stereocenters. The molecule has 2 aliphatic rings. The van der Waals surface area contributed by atoms with E-state index in [0.717, 1.165) is 24.0 Å². The summed E-state index contributed by atoms with van der Waals surface area (Å²) in [7, 11) is -0.821. The number of benzene rings is 3. The van der Waals surface area contributed by atoms with Crippen molar-refractivity contribution in [2.24, 2.45) is 5.73 Å². The molecule has 12 heteroatoms. The first-order valence-electron chi connectivity index (χ1n) is 14.9. The normalized spacial score (nSPS) is 18.2. The topological polar surface area (TPSA) is 115 Å². The lowest BCUT2D eigenvalue weighted by Gasteiger charge is -2.32. The van der Waals surface area contributed by atoms with Crippen LogP contribution in [-0.4, -0.2) is 43.8 Å². The number of carbonyl (C=O) groups excluding carboxylic acids is 1. The molecule has 0 radical (unpaired) electrons. The van der Waals surface area contributed by atoms with Crippen LogP contribution >= 0.6 is 11.6 Å². The molecule has 1 amide bonds. The van der Waals surface area contributed by atoms with Gasteiger partial charge in [0.1, 0.15) is 17.2 Å². The van der Waals surface area contributed by atoms with Gasteiger partial charge in [-0.25, -0.2) is 8.60 Å². The number of nitrogens with two attached hydrogens (primary N) is 1. The van der Waals surface area contributed by atoms with Crippen LogP contribution in [0.5, 0.6) is 0 Å². The van der Waals surface area contributed by atoms with Gasteiger partial charge < -0.3 is 19.5 Å². The summed E-state index contributed by atoms with van der Waals surface area (Å²) < 4.78 is 57.6. The second-order valence-corrected chi connectivity index (χ2v) is 14.2. The van der Waals surface area contributed by atoms with Crippen molar-refractivity contribution in [3.8, 4) is 11.3 Å². The van der Waals surface area contributed by atoms with E-state index in [9.17, 15) is 13.6 Å². The first-order chi connectivity index (χ1) is 21.2. The number of furan rings is 1. The van der Waals surface area contributed by atoms with Gasteiger partial charge in [0, 0.05) is 34.5 Å². The fraction of sp³-hybridized carbons (Fsp3) is 0.364. The van der Waals surface area contributed by atoms with E-state index < -0.39 is 41.3 Å². The fourth-order valence-corrected chi connectivity index (χ4v) is 6.33. The van der Waals surface area contributed by atoms with Crippen molar-refractivity contribution >= 4 is 52.3 Å². The molecule has 1 aliphatic heterocycles. The van der Waals surface area contributed by atoms with E-state index in [-0.39, 0.29) is 24.6 Å². The molecule has 1 saturated heterocycles. The Kier molecular flexibility index (Phi) is 8.47. The molecule has 1 unspecified atom stereocenters. The summed E-state index contributed by atoms with van der Waals surface area (Å²) in [6.45, 7) is 8.00. The van der Waals surface area contributed by atoms with Crippen molar-refractivity contribution in [1.82, 2.24) is 4.31 Å². The molecule has 6 rings (SSSR count). The summed E-state index contributed by atoms with van der Waals surface area (Å²) in [4.78, 5) is 12.6. The largest absolute Gasteiger partial charge is 0.497 e. The molecular formula is C33H35BClFN2O6S. The molecular weight excluding hydrogens is 618 g/mol. The number of carbonyl (C=O) groups is 1. The average molecular weight is 653 g/mol. The summed E-state index contributed by atoms with van der Waals surface area (Å²) in [6.07, 6.45) is 2.28. The third-order valence-electron chi connectivity index (χ3n) is 9.11. The van der Waals surface area contributed by atoms with Gasteiger partial charge in [-0.15, -0.1) is 0 Å². The van der Waals surface area contributed by atoms with Crippen LogP contribution < -0.4 is 11.2 Å². The Morgan fingerprint density at radius 2 is 1.76 bits per heavy atom. The minimum atomic E-state index is -2.30. The lowest BCUT2D eigenvalue weighted by molar-refractivity contribution is 0.00578. The van der Waals surface area contributed by atoms with Gasteiger partial charge in [-0.1, -0.05) is 23.7 Å². The Labute approximate surface area is 269 Å². The van der Waals surface area contributed by atoms with E-state index in [4.69, 9.17) is 31.1 Å². The van der Waals surface area contributed by atoms with Crippen LogP contribution in [0.15, 0.2) is 59.0 Å². The Balaban J connectivity index is 1.25. The lowest BCUT2D eigenvalue weighted by Crippen LogP contribution is -2.41. The molecule has 8 nitrogen and oxygen atoms in total. The van der Waals surface area contributed by atoms with E-state index in [1.165, 1.54) is 10.4 Å². The van der Waals surface area contributed by atoms with Crippen molar-refractivity contribution in [2.75, 3.05) is 6.54 Å². The summed E-state index contributed by atoms with van der Waals surface area (Å²) in [5.74, 6) is -0.446. The summed E-state index contributed by atoms with van der Waals surface area (Å²) >= 11 is 3.76. The summed E-state index contributed by atoms with van der Waals surface area (Å²) in [5, 5.41) is 1.15. The van der Waals surface area contributed by atoms with Crippen LogP contribution in [0.1, 0.15) is 73.5 Å². The van der Waals surface area contributed by atoms with Crippen molar-refractivity contribution in [3.05, 3.63) is 87.7 Å². The Morgan fingerprint density at radius 1 is 1.09 bits per heavy atom. The SMILES string of the molecule is CC1(C)OB(c2ccc(CCN(Cc3cc4oc(-c5ccc(Cl)cc5)c(C(N)=O)c4cc3C3CC3)S(=O)O)cc2F)OC1(C)C. The van der Waals surface area contributed by atoms with Crippen molar-refractivity contribution < 1.29 is 31.7 Å². The van der Waals surface area contributed by atoms with Gasteiger partial charge in [-0.2, -0.15) is 4.31 Å². The molecule has 0 spiro atoms. The highest BCUT2D eigenvalue weighted by atomic mass is 35.5. The Hall–Kier alpha value is -3.06. The standard InChI is InChI=1S/C33H35BClFN2O6S/c1-32(2)33(3,4)44-34(43-32)26-12-5-19(15-27(26)36)13-14-38(45(40)41)18-22-16-28-25(17-24(22)20-6-7-20)29(31(37)39)30(42-28)21-8-10-23(35)11-9-21/h5,8-12,15-17,20H,6-7,13-14,18H2,1-4H3,(H2,37,39)(H,40,41). The lowest BCUT2D eigenvalue weighted by atomic mass is 9.78. The highest BCUT2D eigenvalue weighted by molar-refractivity contribution is 7.76. The number of amides is 1. The molecule has 3 aromatic carbocycles.